The molecule has 0 spiro atoms. The fourth-order valence-corrected chi connectivity index (χ4v) is 1.38. The SMILES string of the molecule is CCC(C)NC(CN)c1cnn(C)c1. The van der Waals surface area contributed by atoms with Crippen LogP contribution in [0.4, 0.5) is 0 Å². The number of hydrogen-bond donors (Lipinski definition) is 2. The molecular weight excluding hydrogens is 176 g/mol. The summed E-state index contributed by atoms with van der Waals surface area (Å²) in [4.78, 5) is 0. The van der Waals surface area contributed by atoms with Crippen LogP contribution < -0.4 is 11.1 Å². The molecule has 0 aliphatic heterocycles. The summed E-state index contributed by atoms with van der Waals surface area (Å²) in [5.74, 6) is 0. The van der Waals surface area contributed by atoms with Gasteiger partial charge in [-0.05, 0) is 13.3 Å². The van der Waals surface area contributed by atoms with Crippen LogP contribution in [0.1, 0.15) is 31.9 Å². The van der Waals surface area contributed by atoms with Crippen molar-refractivity contribution in [1.29, 1.82) is 0 Å². The topological polar surface area (TPSA) is 55.9 Å². The zero-order chi connectivity index (χ0) is 10.6. The molecule has 1 rings (SSSR count). The minimum Gasteiger partial charge on any atom is -0.329 e. The standard InChI is InChI=1S/C10H20N4/c1-4-8(2)13-10(5-11)9-6-12-14(3)7-9/h6-8,10,13H,4-5,11H2,1-3H3. The van der Waals surface area contributed by atoms with Gasteiger partial charge in [0.1, 0.15) is 0 Å². The quantitative estimate of drug-likeness (QED) is 0.732. The van der Waals surface area contributed by atoms with E-state index in [-0.39, 0.29) is 6.04 Å². The molecule has 0 radical (unpaired) electrons. The average Bonchev–Trinajstić information content (AvgIpc) is 2.60. The van der Waals surface area contributed by atoms with Gasteiger partial charge in [-0.2, -0.15) is 5.10 Å². The third kappa shape index (κ3) is 2.82. The molecule has 1 heterocycles. The first-order valence-corrected chi connectivity index (χ1v) is 5.12. The normalized spacial score (nSPS) is 15.4. The third-order valence-corrected chi connectivity index (χ3v) is 2.46. The Morgan fingerprint density at radius 3 is 2.79 bits per heavy atom. The summed E-state index contributed by atoms with van der Waals surface area (Å²) < 4.78 is 1.80. The van der Waals surface area contributed by atoms with Crippen molar-refractivity contribution in [2.45, 2.75) is 32.4 Å². The molecule has 2 unspecified atom stereocenters. The van der Waals surface area contributed by atoms with E-state index < -0.39 is 0 Å². The summed E-state index contributed by atoms with van der Waals surface area (Å²) in [6, 6.07) is 0.711. The van der Waals surface area contributed by atoms with Crippen molar-refractivity contribution in [3.8, 4) is 0 Å². The van der Waals surface area contributed by atoms with Gasteiger partial charge in [0.25, 0.3) is 0 Å². The zero-order valence-corrected chi connectivity index (χ0v) is 9.20. The van der Waals surface area contributed by atoms with Crippen LogP contribution in [-0.2, 0) is 7.05 Å². The molecule has 0 bridgehead atoms. The molecule has 0 saturated carbocycles. The van der Waals surface area contributed by atoms with Gasteiger partial charge in [-0.15, -0.1) is 0 Å². The second-order valence-electron chi connectivity index (χ2n) is 3.71. The summed E-state index contributed by atoms with van der Waals surface area (Å²) in [7, 11) is 1.92. The first kappa shape index (κ1) is 11.2. The lowest BCUT2D eigenvalue weighted by Gasteiger charge is -2.19. The van der Waals surface area contributed by atoms with E-state index in [0.29, 0.717) is 12.6 Å². The number of rotatable bonds is 5. The molecular formula is C10H20N4. The van der Waals surface area contributed by atoms with E-state index >= 15 is 0 Å². The predicted molar refractivity (Wildman–Crippen MR) is 57.9 cm³/mol. The van der Waals surface area contributed by atoms with Crippen LogP contribution in [0, 0.1) is 0 Å². The van der Waals surface area contributed by atoms with E-state index in [1.165, 1.54) is 0 Å². The van der Waals surface area contributed by atoms with Crippen molar-refractivity contribution in [2.75, 3.05) is 6.54 Å². The molecule has 0 aliphatic rings. The van der Waals surface area contributed by atoms with Crippen LogP contribution in [0.3, 0.4) is 0 Å². The second kappa shape index (κ2) is 5.12. The van der Waals surface area contributed by atoms with Crippen LogP contribution in [-0.4, -0.2) is 22.4 Å². The Bertz CT molecular complexity index is 269. The van der Waals surface area contributed by atoms with E-state index in [4.69, 9.17) is 5.73 Å². The highest BCUT2D eigenvalue weighted by molar-refractivity contribution is 5.10. The van der Waals surface area contributed by atoms with Crippen LogP contribution in [0.15, 0.2) is 12.4 Å². The maximum atomic E-state index is 5.72. The van der Waals surface area contributed by atoms with E-state index in [1.807, 2.05) is 19.4 Å². The summed E-state index contributed by atoms with van der Waals surface area (Å²) in [5.41, 5.74) is 6.88. The number of nitrogens with two attached hydrogens (primary N) is 1. The number of aryl methyl sites for hydroxylation is 1. The highest BCUT2D eigenvalue weighted by Crippen LogP contribution is 2.11. The van der Waals surface area contributed by atoms with Gasteiger partial charge in [0.05, 0.1) is 6.20 Å². The maximum Gasteiger partial charge on any atom is 0.0538 e. The average molecular weight is 196 g/mol. The summed E-state index contributed by atoms with van der Waals surface area (Å²) in [6.07, 6.45) is 4.98. The molecule has 0 amide bonds. The van der Waals surface area contributed by atoms with Gasteiger partial charge in [0, 0.05) is 37.4 Å². The molecule has 0 saturated heterocycles. The zero-order valence-electron chi connectivity index (χ0n) is 9.20. The van der Waals surface area contributed by atoms with Gasteiger partial charge >= 0.3 is 0 Å². The highest BCUT2D eigenvalue weighted by Gasteiger charge is 2.12. The third-order valence-electron chi connectivity index (χ3n) is 2.46. The van der Waals surface area contributed by atoms with Gasteiger partial charge < -0.3 is 11.1 Å². The fraction of sp³-hybridized carbons (Fsp3) is 0.700. The molecule has 14 heavy (non-hydrogen) atoms. The lowest BCUT2D eigenvalue weighted by molar-refractivity contribution is 0.451. The number of hydrogen-bond acceptors (Lipinski definition) is 3. The van der Waals surface area contributed by atoms with Crippen LogP contribution in [0.25, 0.3) is 0 Å². The summed E-state index contributed by atoms with van der Waals surface area (Å²) in [5, 5.41) is 7.61. The van der Waals surface area contributed by atoms with Gasteiger partial charge in [0.2, 0.25) is 0 Å². The second-order valence-corrected chi connectivity index (χ2v) is 3.71. The Morgan fingerprint density at radius 1 is 1.64 bits per heavy atom. The summed E-state index contributed by atoms with van der Waals surface area (Å²) in [6.45, 7) is 4.93. The Kier molecular flexibility index (Phi) is 4.10. The monoisotopic (exact) mass is 196 g/mol. The first-order valence-electron chi connectivity index (χ1n) is 5.12. The van der Waals surface area contributed by atoms with Crippen molar-refractivity contribution in [3.05, 3.63) is 18.0 Å². The Labute approximate surface area is 85.5 Å². The fourth-order valence-electron chi connectivity index (χ4n) is 1.38. The van der Waals surface area contributed by atoms with Gasteiger partial charge in [0.15, 0.2) is 0 Å². The van der Waals surface area contributed by atoms with Gasteiger partial charge in [-0.25, -0.2) is 0 Å². The molecule has 80 valence electrons. The maximum absolute atomic E-state index is 5.72. The molecule has 0 aromatic carbocycles. The van der Waals surface area contributed by atoms with Crippen molar-refractivity contribution >= 4 is 0 Å². The van der Waals surface area contributed by atoms with Crippen LogP contribution in [0.5, 0.6) is 0 Å². The Balaban J connectivity index is 2.62. The molecule has 4 nitrogen and oxygen atoms in total. The van der Waals surface area contributed by atoms with Crippen molar-refractivity contribution in [3.63, 3.8) is 0 Å². The Morgan fingerprint density at radius 2 is 2.36 bits per heavy atom. The van der Waals surface area contributed by atoms with Crippen molar-refractivity contribution in [1.82, 2.24) is 15.1 Å². The lowest BCUT2D eigenvalue weighted by Crippen LogP contribution is -2.34. The van der Waals surface area contributed by atoms with Crippen molar-refractivity contribution < 1.29 is 0 Å². The smallest absolute Gasteiger partial charge is 0.0538 e. The van der Waals surface area contributed by atoms with Crippen molar-refractivity contribution in [2.24, 2.45) is 12.8 Å². The molecule has 1 aromatic heterocycles. The van der Waals surface area contributed by atoms with E-state index in [2.05, 4.69) is 24.3 Å². The molecule has 2 atom stereocenters. The molecule has 0 fully saturated rings. The highest BCUT2D eigenvalue weighted by atomic mass is 15.2. The largest absolute Gasteiger partial charge is 0.329 e. The first-order chi connectivity index (χ1) is 6.67. The van der Waals surface area contributed by atoms with E-state index in [0.717, 1.165) is 12.0 Å². The van der Waals surface area contributed by atoms with Crippen LogP contribution >= 0.6 is 0 Å². The Hall–Kier alpha value is -0.870. The molecule has 1 aromatic rings. The minimum absolute atomic E-state index is 0.221. The van der Waals surface area contributed by atoms with E-state index in [9.17, 15) is 0 Å². The number of nitrogens with one attached hydrogen (secondary N) is 1. The predicted octanol–water partition coefficient (Wildman–Crippen LogP) is 0.808. The van der Waals surface area contributed by atoms with Crippen LogP contribution in [0.2, 0.25) is 0 Å². The molecule has 3 N–H and O–H groups in total. The lowest BCUT2D eigenvalue weighted by atomic mass is 10.1. The molecule has 4 heteroatoms. The minimum atomic E-state index is 0.221. The van der Waals surface area contributed by atoms with Gasteiger partial charge in [-0.3, -0.25) is 4.68 Å². The summed E-state index contributed by atoms with van der Waals surface area (Å²) >= 11 is 0. The number of aromatic nitrogens is 2. The van der Waals surface area contributed by atoms with E-state index in [1.54, 1.807) is 4.68 Å². The molecule has 0 aliphatic carbocycles. The number of nitrogens with zero attached hydrogens (tertiary/aromatic N) is 2. The van der Waals surface area contributed by atoms with Gasteiger partial charge in [-0.1, -0.05) is 6.92 Å².